The highest BCUT2D eigenvalue weighted by molar-refractivity contribution is 9.10. The van der Waals surface area contributed by atoms with Crippen LogP contribution in [0.2, 0.25) is 5.02 Å². The summed E-state index contributed by atoms with van der Waals surface area (Å²) in [5, 5.41) is 6.39. The number of hydrogen-bond donors (Lipinski definition) is 3. The van der Waals surface area contributed by atoms with Crippen LogP contribution in [0, 0.1) is 0 Å². The molecular formula is C23H16BrClN4O3. The summed E-state index contributed by atoms with van der Waals surface area (Å²) < 4.78 is 2.14. The number of rotatable bonds is 4. The standard InChI is InChI=1S/C23H16BrClN4O3/c24-15-6-9-18(10-7-15)26-21(30)20-13-14-12-16(25)8-11-19(14)29(20)28-23(32)22(31)27-17-4-2-1-3-5-17/h1-13H,(H,26,30)(H,27,31)(H,28,32). The molecule has 160 valence electrons. The van der Waals surface area contributed by atoms with E-state index in [1.807, 2.05) is 0 Å². The molecule has 0 spiro atoms. The van der Waals surface area contributed by atoms with Crippen molar-refractivity contribution in [2.75, 3.05) is 16.1 Å². The van der Waals surface area contributed by atoms with Gasteiger partial charge in [0.05, 0.1) is 5.52 Å². The van der Waals surface area contributed by atoms with E-state index in [1.165, 1.54) is 4.68 Å². The maximum Gasteiger partial charge on any atom is 0.328 e. The predicted octanol–water partition coefficient (Wildman–Crippen LogP) is 5.02. The molecule has 1 heterocycles. The average Bonchev–Trinajstić information content (AvgIpc) is 3.13. The molecule has 3 amide bonds. The lowest BCUT2D eigenvalue weighted by molar-refractivity contribution is -0.133. The van der Waals surface area contributed by atoms with Crippen molar-refractivity contribution in [2.24, 2.45) is 0 Å². The molecule has 0 aliphatic carbocycles. The second kappa shape index (κ2) is 9.25. The largest absolute Gasteiger partial charge is 0.328 e. The number of carbonyl (C=O) groups excluding carboxylic acids is 3. The highest BCUT2D eigenvalue weighted by atomic mass is 79.9. The van der Waals surface area contributed by atoms with Gasteiger partial charge < -0.3 is 10.6 Å². The fourth-order valence-corrected chi connectivity index (χ4v) is 3.51. The Morgan fingerprint density at radius 2 is 1.47 bits per heavy atom. The number of nitrogens with zero attached hydrogens (tertiary/aromatic N) is 1. The fourth-order valence-electron chi connectivity index (χ4n) is 3.06. The van der Waals surface area contributed by atoms with E-state index in [9.17, 15) is 14.4 Å². The molecule has 9 heteroatoms. The number of benzene rings is 3. The zero-order chi connectivity index (χ0) is 22.7. The molecule has 0 saturated heterocycles. The van der Waals surface area contributed by atoms with Gasteiger partial charge in [-0.05, 0) is 60.7 Å². The van der Waals surface area contributed by atoms with E-state index in [4.69, 9.17) is 11.6 Å². The summed E-state index contributed by atoms with van der Waals surface area (Å²) in [6, 6.07) is 22.2. The van der Waals surface area contributed by atoms with Crippen LogP contribution < -0.4 is 16.1 Å². The number of halogens is 2. The minimum atomic E-state index is -0.931. The van der Waals surface area contributed by atoms with Gasteiger partial charge in [0.25, 0.3) is 5.91 Å². The molecule has 3 aromatic carbocycles. The quantitative estimate of drug-likeness (QED) is 0.336. The highest BCUT2D eigenvalue weighted by Crippen LogP contribution is 2.24. The van der Waals surface area contributed by atoms with Gasteiger partial charge in [0.2, 0.25) is 0 Å². The summed E-state index contributed by atoms with van der Waals surface area (Å²) in [7, 11) is 0. The first-order valence-electron chi connectivity index (χ1n) is 9.46. The number of anilines is 2. The normalized spacial score (nSPS) is 10.6. The predicted molar refractivity (Wildman–Crippen MR) is 128 cm³/mol. The van der Waals surface area contributed by atoms with E-state index in [0.717, 1.165) is 4.47 Å². The van der Waals surface area contributed by atoms with Crippen molar-refractivity contribution in [3.05, 3.63) is 94.1 Å². The number of nitrogens with one attached hydrogen (secondary N) is 3. The molecular weight excluding hydrogens is 496 g/mol. The molecule has 3 N–H and O–H groups in total. The average molecular weight is 512 g/mol. The molecule has 0 saturated carbocycles. The smallest absolute Gasteiger partial charge is 0.321 e. The van der Waals surface area contributed by atoms with E-state index < -0.39 is 17.7 Å². The SMILES string of the molecule is O=C(Nc1ccccc1)C(=O)Nn1c(C(=O)Nc2ccc(Br)cc2)cc2cc(Cl)ccc21. The second-order valence-corrected chi connectivity index (χ2v) is 8.14. The molecule has 0 aliphatic heterocycles. The topological polar surface area (TPSA) is 92.2 Å². The lowest BCUT2D eigenvalue weighted by atomic mass is 10.2. The minimum absolute atomic E-state index is 0.131. The van der Waals surface area contributed by atoms with Crippen molar-refractivity contribution >= 4 is 67.5 Å². The third-order valence-electron chi connectivity index (χ3n) is 4.55. The Morgan fingerprint density at radius 1 is 0.781 bits per heavy atom. The van der Waals surface area contributed by atoms with Crippen LogP contribution in [-0.4, -0.2) is 22.4 Å². The van der Waals surface area contributed by atoms with Crippen LogP contribution in [0.15, 0.2) is 83.3 Å². The first kappa shape index (κ1) is 21.6. The second-order valence-electron chi connectivity index (χ2n) is 6.79. The first-order chi connectivity index (χ1) is 15.4. The monoisotopic (exact) mass is 510 g/mol. The number of carbonyl (C=O) groups is 3. The van der Waals surface area contributed by atoms with Gasteiger partial charge in [-0.25, -0.2) is 4.68 Å². The number of para-hydroxylation sites is 1. The molecule has 4 rings (SSSR count). The van der Waals surface area contributed by atoms with E-state index >= 15 is 0 Å². The highest BCUT2D eigenvalue weighted by Gasteiger charge is 2.21. The van der Waals surface area contributed by atoms with Gasteiger partial charge in [-0.15, -0.1) is 0 Å². The molecule has 7 nitrogen and oxygen atoms in total. The molecule has 32 heavy (non-hydrogen) atoms. The van der Waals surface area contributed by atoms with E-state index in [-0.39, 0.29) is 5.69 Å². The summed E-state index contributed by atoms with van der Waals surface area (Å²) in [4.78, 5) is 37.9. The van der Waals surface area contributed by atoms with Crippen molar-refractivity contribution < 1.29 is 14.4 Å². The third-order valence-corrected chi connectivity index (χ3v) is 5.31. The summed E-state index contributed by atoms with van der Waals surface area (Å²) in [5.41, 5.74) is 4.19. The maximum atomic E-state index is 13.0. The Morgan fingerprint density at radius 3 is 2.19 bits per heavy atom. The molecule has 0 fully saturated rings. The fraction of sp³-hybridized carbons (Fsp3) is 0. The van der Waals surface area contributed by atoms with Crippen LogP contribution >= 0.6 is 27.5 Å². The maximum absolute atomic E-state index is 13.0. The van der Waals surface area contributed by atoms with Crippen molar-refractivity contribution in [1.82, 2.24) is 4.68 Å². The van der Waals surface area contributed by atoms with E-state index in [0.29, 0.717) is 27.3 Å². The van der Waals surface area contributed by atoms with Crippen molar-refractivity contribution in [1.29, 1.82) is 0 Å². The summed E-state index contributed by atoms with van der Waals surface area (Å²) in [6.45, 7) is 0. The zero-order valence-electron chi connectivity index (χ0n) is 16.4. The molecule has 0 atom stereocenters. The lowest BCUT2D eigenvalue weighted by Gasteiger charge is -2.13. The molecule has 0 radical (unpaired) electrons. The van der Waals surface area contributed by atoms with Gasteiger partial charge in [0, 0.05) is 26.3 Å². The van der Waals surface area contributed by atoms with Gasteiger partial charge in [-0.2, -0.15) is 0 Å². The van der Waals surface area contributed by atoms with Gasteiger partial charge >= 0.3 is 11.8 Å². The number of amides is 3. The Labute approximate surface area is 196 Å². The molecule has 4 aromatic rings. The Balaban J connectivity index is 1.63. The van der Waals surface area contributed by atoms with Crippen LogP contribution in [0.1, 0.15) is 10.5 Å². The van der Waals surface area contributed by atoms with E-state index in [1.54, 1.807) is 78.9 Å². The molecule has 1 aromatic heterocycles. The number of fused-ring (bicyclic) bond motifs is 1. The van der Waals surface area contributed by atoms with Crippen LogP contribution in [-0.2, 0) is 9.59 Å². The lowest BCUT2D eigenvalue weighted by Crippen LogP contribution is -2.35. The third kappa shape index (κ3) is 4.82. The number of hydrogen-bond acceptors (Lipinski definition) is 3. The van der Waals surface area contributed by atoms with Crippen molar-refractivity contribution in [3.8, 4) is 0 Å². The van der Waals surface area contributed by atoms with Crippen molar-refractivity contribution in [2.45, 2.75) is 0 Å². The summed E-state index contributed by atoms with van der Waals surface area (Å²) >= 11 is 9.43. The van der Waals surface area contributed by atoms with Crippen molar-refractivity contribution in [3.63, 3.8) is 0 Å². The van der Waals surface area contributed by atoms with Crippen LogP contribution in [0.25, 0.3) is 10.9 Å². The van der Waals surface area contributed by atoms with Gasteiger partial charge in [-0.3, -0.25) is 19.8 Å². The zero-order valence-corrected chi connectivity index (χ0v) is 18.8. The first-order valence-corrected chi connectivity index (χ1v) is 10.6. The number of aromatic nitrogens is 1. The van der Waals surface area contributed by atoms with Crippen LogP contribution in [0.4, 0.5) is 11.4 Å². The molecule has 0 unspecified atom stereocenters. The Bertz CT molecular complexity index is 1320. The summed E-state index contributed by atoms with van der Waals surface area (Å²) in [6.07, 6.45) is 0. The Hall–Kier alpha value is -3.62. The van der Waals surface area contributed by atoms with E-state index in [2.05, 4.69) is 32.0 Å². The summed E-state index contributed by atoms with van der Waals surface area (Å²) in [5.74, 6) is -2.27. The Kier molecular flexibility index (Phi) is 6.25. The molecule has 0 aliphatic rings. The van der Waals surface area contributed by atoms with Crippen LogP contribution in [0.3, 0.4) is 0 Å². The van der Waals surface area contributed by atoms with Gasteiger partial charge in [-0.1, -0.05) is 45.7 Å². The minimum Gasteiger partial charge on any atom is -0.321 e. The van der Waals surface area contributed by atoms with Gasteiger partial charge in [0.1, 0.15) is 5.69 Å². The van der Waals surface area contributed by atoms with Crippen LogP contribution in [0.5, 0.6) is 0 Å². The van der Waals surface area contributed by atoms with Gasteiger partial charge in [0.15, 0.2) is 0 Å². The molecule has 0 bridgehead atoms.